The van der Waals surface area contributed by atoms with Gasteiger partial charge in [-0.2, -0.15) is 0 Å². The molecule has 0 aromatic carbocycles. The number of hydrogen-bond acceptors (Lipinski definition) is 8. The van der Waals surface area contributed by atoms with Crippen molar-refractivity contribution in [2.45, 2.75) is 46.4 Å². The van der Waals surface area contributed by atoms with Gasteiger partial charge in [0.25, 0.3) is 0 Å². The molecule has 2 atom stereocenters. The number of ether oxygens (including phenoxy) is 1. The molecule has 8 nitrogen and oxygen atoms in total. The molecule has 4 rings (SSSR count). The molecule has 2 aromatic rings. The molecular formula is C19H25N5O3. The van der Waals surface area contributed by atoms with E-state index in [0.717, 1.165) is 35.9 Å². The van der Waals surface area contributed by atoms with Crippen LogP contribution in [-0.4, -0.2) is 45.5 Å². The lowest BCUT2D eigenvalue weighted by molar-refractivity contribution is -0.0571. The second kappa shape index (κ2) is 7.11. The molecule has 144 valence electrons. The molecule has 0 saturated carbocycles. The smallest absolute Gasteiger partial charge is 0.141 e. The summed E-state index contributed by atoms with van der Waals surface area (Å²) in [5, 5.41) is 10.2. The molecule has 0 unspecified atom stereocenters. The van der Waals surface area contributed by atoms with Gasteiger partial charge >= 0.3 is 0 Å². The molecule has 2 aliphatic heterocycles. The van der Waals surface area contributed by atoms with E-state index < -0.39 is 0 Å². The number of nitrogens with zero attached hydrogens (tertiary/aromatic N) is 4. The Balaban J connectivity index is 1.45. The van der Waals surface area contributed by atoms with E-state index in [1.807, 2.05) is 37.3 Å². The van der Waals surface area contributed by atoms with Gasteiger partial charge in [-0.3, -0.25) is 5.01 Å². The molecule has 1 N–H and O–H groups in total. The van der Waals surface area contributed by atoms with E-state index in [4.69, 9.17) is 13.8 Å². The number of aryl methyl sites for hydroxylation is 2. The van der Waals surface area contributed by atoms with Crippen molar-refractivity contribution >= 4 is 0 Å². The Morgan fingerprint density at radius 1 is 1.15 bits per heavy atom. The SMILES string of the molecule is Cc1cc(-c2noc(C)c2CN2C=CC(N3C[C@@H](C)O[C@@H](C)C3)=CN2)no1. The molecule has 2 aliphatic rings. The van der Waals surface area contributed by atoms with Crippen LogP contribution in [0.3, 0.4) is 0 Å². The third-order valence-electron chi connectivity index (χ3n) is 4.77. The maximum absolute atomic E-state index is 5.81. The minimum Gasteiger partial charge on any atom is -0.372 e. The Bertz CT molecular complexity index is 859. The van der Waals surface area contributed by atoms with Gasteiger partial charge in [0.05, 0.1) is 24.4 Å². The minimum absolute atomic E-state index is 0.231. The van der Waals surface area contributed by atoms with Crippen LogP contribution >= 0.6 is 0 Å². The summed E-state index contributed by atoms with van der Waals surface area (Å²) < 4.78 is 16.4. The van der Waals surface area contributed by atoms with E-state index in [0.29, 0.717) is 17.9 Å². The molecule has 0 radical (unpaired) electrons. The van der Waals surface area contributed by atoms with Gasteiger partial charge in [-0.05, 0) is 33.8 Å². The summed E-state index contributed by atoms with van der Waals surface area (Å²) in [4.78, 5) is 2.34. The normalized spacial score (nSPS) is 22.7. The first kappa shape index (κ1) is 17.7. The van der Waals surface area contributed by atoms with Gasteiger partial charge in [-0.15, -0.1) is 0 Å². The molecule has 0 spiro atoms. The topological polar surface area (TPSA) is 79.8 Å². The number of allylic oxidation sites excluding steroid dienone is 1. The molecule has 27 heavy (non-hydrogen) atoms. The highest BCUT2D eigenvalue weighted by Crippen LogP contribution is 2.26. The van der Waals surface area contributed by atoms with Crippen LogP contribution in [0.15, 0.2) is 39.3 Å². The minimum atomic E-state index is 0.231. The maximum Gasteiger partial charge on any atom is 0.141 e. The van der Waals surface area contributed by atoms with Crippen LogP contribution in [0.2, 0.25) is 0 Å². The average molecular weight is 371 g/mol. The van der Waals surface area contributed by atoms with Crippen LogP contribution in [0, 0.1) is 13.8 Å². The van der Waals surface area contributed by atoms with Gasteiger partial charge in [0.2, 0.25) is 0 Å². The van der Waals surface area contributed by atoms with Crippen molar-refractivity contribution in [3.8, 4) is 11.4 Å². The largest absolute Gasteiger partial charge is 0.372 e. The zero-order valence-corrected chi connectivity index (χ0v) is 16.1. The third-order valence-corrected chi connectivity index (χ3v) is 4.77. The second-order valence-electron chi connectivity index (χ2n) is 7.19. The summed E-state index contributed by atoms with van der Waals surface area (Å²) in [6, 6.07) is 1.86. The highest BCUT2D eigenvalue weighted by atomic mass is 16.5. The standard InChI is InChI=1S/C19H25N5O3/c1-12-7-18(21-26-12)19-17(15(4)27-22-19)11-24-6-5-16(8-20-24)23-9-13(2)25-14(3)10-23/h5-8,13-14,20H,9-11H2,1-4H3/t13-,14+. The van der Waals surface area contributed by atoms with Gasteiger partial charge < -0.3 is 24.1 Å². The molecule has 1 saturated heterocycles. The molecule has 2 aromatic heterocycles. The van der Waals surface area contributed by atoms with E-state index in [-0.39, 0.29) is 12.2 Å². The van der Waals surface area contributed by atoms with E-state index in [9.17, 15) is 0 Å². The van der Waals surface area contributed by atoms with Gasteiger partial charge in [0.1, 0.15) is 22.9 Å². The summed E-state index contributed by atoms with van der Waals surface area (Å²) in [7, 11) is 0. The molecule has 4 heterocycles. The number of rotatable bonds is 4. The Morgan fingerprint density at radius 3 is 2.56 bits per heavy atom. The third kappa shape index (κ3) is 3.71. The van der Waals surface area contributed by atoms with Gasteiger partial charge in [-0.25, -0.2) is 0 Å². The molecule has 8 heteroatoms. The second-order valence-corrected chi connectivity index (χ2v) is 7.19. The number of aromatic nitrogens is 2. The number of morpholine rings is 1. The Kier molecular flexibility index (Phi) is 4.65. The van der Waals surface area contributed by atoms with Crippen molar-refractivity contribution in [3.05, 3.63) is 47.3 Å². The fourth-order valence-corrected chi connectivity index (χ4v) is 3.52. The van der Waals surface area contributed by atoms with Crippen LogP contribution in [0.25, 0.3) is 11.4 Å². The first-order valence-electron chi connectivity index (χ1n) is 9.20. The van der Waals surface area contributed by atoms with Gasteiger partial charge in [0, 0.05) is 37.1 Å². The van der Waals surface area contributed by atoms with E-state index in [1.165, 1.54) is 0 Å². The zero-order chi connectivity index (χ0) is 19.0. The Hall–Kier alpha value is -2.74. The van der Waals surface area contributed by atoms with Crippen LogP contribution < -0.4 is 5.43 Å². The summed E-state index contributed by atoms with van der Waals surface area (Å²) in [6.07, 6.45) is 6.63. The van der Waals surface area contributed by atoms with Crippen molar-refractivity contribution < 1.29 is 13.8 Å². The predicted octanol–water partition coefficient (Wildman–Crippen LogP) is 2.73. The summed E-state index contributed by atoms with van der Waals surface area (Å²) in [5.41, 5.74) is 6.87. The first-order chi connectivity index (χ1) is 13.0. The fourth-order valence-electron chi connectivity index (χ4n) is 3.52. The lowest BCUT2D eigenvalue weighted by Gasteiger charge is -2.38. The maximum atomic E-state index is 5.81. The van der Waals surface area contributed by atoms with Crippen LogP contribution in [0.5, 0.6) is 0 Å². The van der Waals surface area contributed by atoms with E-state index in [1.54, 1.807) is 0 Å². The van der Waals surface area contributed by atoms with Crippen molar-refractivity contribution in [1.29, 1.82) is 0 Å². The van der Waals surface area contributed by atoms with Gasteiger partial charge in [0.15, 0.2) is 0 Å². The van der Waals surface area contributed by atoms with E-state index in [2.05, 4.69) is 40.6 Å². The van der Waals surface area contributed by atoms with Crippen LogP contribution in [0.1, 0.15) is 30.9 Å². The van der Waals surface area contributed by atoms with Crippen LogP contribution in [-0.2, 0) is 11.3 Å². The average Bonchev–Trinajstić information content (AvgIpc) is 3.21. The molecule has 0 bridgehead atoms. The summed E-state index contributed by atoms with van der Waals surface area (Å²) >= 11 is 0. The monoisotopic (exact) mass is 371 g/mol. The summed E-state index contributed by atoms with van der Waals surface area (Å²) in [5.74, 6) is 1.51. The van der Waals surface area contributed by atoms with E-state index >= 15 is 0 Å². The van der Waals surface area contributed by atoms with Crippen molar-refractivity contribution in [1.82, 2.24) is 25.6 Å². The quantitative estimate of drug-likeness (QED) is 0.879. The number of nitrogens with one attached hydrogen (secondary N) is 1. The van der Waals surface area contributed by atoms with Crippen molar-refractivity contribution in [2.24, 2.45) is 0 Å². The first-order valence-corrected chi connectivity index (χ1v) is 9.20. The lowest BCUT2D eigenvalue weighted by Crippen LogP contribution is -2.45. The Labute approximate surface area is 158 Å². The van der Waals surface area contributed by atoms with Crippen LogP contribution in [0.4, 0.5) is 0 Å². The Morgan fingerprint density at radius 2 is 1.93 bits per heavy atom. The molecule has 1 fully saturated rings. The lowest BCUT2D eigenvalue weighted by atomic mass is 10.1. The number of hydrogen-bond donors (Lipinski definition) is 1. The summed E-state index contributed by atoms with van der Waals surface area (Å²) in [6.45, 7) is 10.4. The fraction of sp³-hybridized carbons (Fsp3) is 0.474. The highest BCUT2D eigenvalue weighted by molar-refractivity contribution is 5.58. The van der Waals surface area contributed by atoms with Crippen molar-refractivity contribution in [2.75, 3.05) is 13.1 Å². The zero-order valence-electron chi connectivity index (χ0n) is 16.1. The number of hydrazine groups is 1. The molecular weight excluding hydrogens is 346 g/mol. The predicted molar refractivity (Wildman–Crippen MR) is 99.0 cm³/mol. The molecule has 0 aliphatic carbocycles. The molecule has 0 amide bonds. The highest BCUT2D eigenvalue weighted by Gasteiger charge is 2.24. The van der Waals surface area contributed by atoms with Gasteiger partial charge in [-0.1, -0.05) is 10.3 Å². The van der Waals surface area contributed by atoms with Crippen molar-refractivity contribution in [3.63, 3.8) is 0 Å².